The molecule has 0 unspecified atom stereocenters. The van der Waals surface area contributed by atoms with Gasteiger partial charge in [-0.05, 0) is 31.5 Å². The first-order chi connectivity index (χ1) is 7.22. The van der Waals surface area contributed by atoms with Crippen LogP contribution in [0.2, 0.25) is 0 Å². The monoisotopic (exact) mass is 215 g/mol. The normalized spacial score (nSPS) is 11.3. The Kier molecular flexibility index (Phi) is 1.73. The average molecular weight is 215 g/mol. The van der Waals surface area contributed by atoms with E-state index in [0.29, 0.717) is 0 Å². The molecule has 0 saturated heterocycles. The zero-order valence-corrected chi connectivity index (χ0v) is 9.30. The summed E-state index contributed by atoms with van der Waals surface area (Å²) in [5.74, 6) is 0. The van der Waals surface area contributed by atoms with E-state index in [2.05, 4.69) is 27.9 Å². The van der Waals surface area contributed by atoms with Crippen molar-refractivity contribution in [3.63, 3.8) is 0 Å². The van der Waals surface area contributed by atoms with Gasteiger partial charge in [-0.1, -0.05) is 17.4 Å². The van der Waals surface area contributed by atoms with Crippen molar-refractivity contribution < 1.29 is 0 Å². The van der Waals surface area contributed by atoms with Gasteiger partial charge in [0.1, 0.15) is 0 Å². The molecule has 0 radical (unpaired) electrons. The molecule has 74 valence electrons. The van der Waals surface area contributed by atoms with Gasteiger partial charge in [-0.15, -0.1) is 0 Å². The predicted octanol–water partition coefficient (Wildman–Crippen LogP) is 2.86. The van der Waals surface area contributed by atoms with Gasteiger partial charge >= 0.3 is 0 Å². The Morgan fingerprint density at radius 3 is 2.73 bits per heavy atom. The first-order valence-electron chi connectivity index (χ1n) is 4.74. The number of aromatic nitrogens is 3. The maximum Gasteiger partial charge on any atom is 0.190 e. The number of aryl methyl sites for hydroxylation is 2. The van der Waals surface area contributed by atoms with Crippen LogP contribution in [0.25, 0.3) is 21.5 Å². The molecule has 0 spiro atoms. The van der Waals surface area contributed by atoms with E-state index >= 15 is 0 Å². The number of hydrogen-bond acceptors (Lipinski definition) is 4. The molecule has 2 heterocycles. The third-order valence-corrected chi connectivity index (χ3v) is 3.13. The van der Waals surface area contributed by atoms with Gasteiger partial charge in [0.05, 0.1) is 16.0 Å². The maximum absolute atomic E-state index is 4.53. The van der Waals surface area contributed by atoms with Crippen LogP contribution in [0.1, 0.15) is 10.6 Å². The van der Waals surface area contributed by atoms with Crippen LogP contribution in [0.15, 0.2) is 18.2 Å². The van der Waals surface area contributed by atoms with Gasteiger partial charge in [0, 0.05) is 0 Å². The van der Waals surface area contributed by atoms with Crippen LogP contribution in [-0.2, 0) is 0 Å². The molecular weight excluding hydrogens is 206 g/mol. The lowest BCUT2D eigenvalue weighted by molar-refractivity contribution is 1.27. The van der Waals surface area contributed by atoms with Crippen LogP contribution >= 0.6 is 11.3 Å². The summed E-state index contributed by atoms with van der Waals surface area (Å²) in [5.41, 5.74) is 3.82. The highest BCUT2D eigenvalue weighted by atomic mass is 32.1. The highest BCUT2D eigenvalue weighted by Crippen LogP contribution is 2.21. The fraction of sp³-hybridized carbons (Fsp3) is 0.182. The third kappa shape index (κ3) is 1.37. The maximum atomic E-state index is 4.53. The second-order valence-electron chi connectivity index (χ2n) is 3.58. The number of rotatable bonds is 0. The molecule has 0 amide bonds. The minimum atomic E-state index is 0.760. The summed E-state index contributed by atoms with van der Waals surface area (Å²) in [5, 5.41) is 1.01. The van der Waals surface area contributed by atoms with E-state index in [-0.39, 0.29) is 0 Å². The molecule has 3 rings (SSSR count). The van der Waals surface area contributed by atoms with Crippen LogP contribution in [0.4, 0.5) is 0 Å². The number of nitrogens with zero attached hydrogens (tertiary/aromatic N) is 3. The van der Waals surface area contributed by atoms with Crippen LogP contribution in [-0.4, -0.2) is 15.0 Å². The number of fused-ring (bicyclic) bond motifs is 2. The Morgan fingerprint density at radius 2 is 1.87 bits per heavy atom. The lowest BCUT2D eigenvalue weighted by Gasteiger charge is -1.97. The largest absolute Gasteiger partial charge is 0.232 e. The molecule has 0 aliphatic rings. The quantitative estimate of drug-likeness (QED) is 0.578. The predicted molar refractivity (Wildman–Crippen MR) is 62.2 cm³/mol. The second kappa shape index (κ2) is 2.97. The molecule has 0 bridgehead atoms. The van der Waals surface area contributed by atoms with Crippen LogP contribution < -0.4 is 0 Å². The van der Waals surface area contributed by atoms with Crippen molar-refractivity contribution in [3.8, 4) is 0 Å². The molecule has 15 heavy (non-hydrogen) atoms. The summed E-state index contributed by atoms with van der Waals surface area (Å²) >= 11 is 1.59. The summed E-state index contributed by atoms with van der Waals surface area (Å²) in [4.78, 5) is 14.3. The molecule has 0 N–H and O–H groups in total. The van der Waals surface area contributed by atoms with Crippen molar-refractivity contribution >= 4 is 32.8 Å². The van der Waals surface area contributed by atoms with E-state index in [1.807, 2.05) is 19.1 Å². The van der Waals surface area contributed by atoms with Crippen molar-refractivity contribution in [1.82, 2.24) is 15.0 Å². The van der Waals surface area contributed by atoms with Crippen molar-refractivity contribution in [2.24, 2.45) is 0 Å². The zero-order chi connectivity index (χ0) is 10.4. The van der Waals surface area contributed by atoms with Gasteiger partial charge in [-0.3, -0.25) is 0 Å². The smallest absolute Gasteiger partial charge is 0.190 e. The number of hydrogen-bond donors (Lipinski definition) is 0. The molecular formula is C11H9N3S. The van der Waals surface area contributed by atoms with Crippen molar-refractivity contribution in [2.75, 3.05) is 0 Å². The topological polar surface area (TPSA) is 38.7 Å². The van der Waals surface area contributed by atoms with Crippen LogP contribution in [0, 0.1) is 13.8 Å². The lowest BCUT2D eigenvalue weighted by atomic mass is 10.2. The van der Waals surface area contributed by atoms with Crippen molar-refractivity contribution in [3.05, 3.63) is 28.8 Å². The van der Waals surface area contributed by atoms with Gasteiger partial charge in [-0.25, -0.2) is 15.0 Å². The Balaban J connectivity index is 2.46. The van der Waals surface area contributed by atoms with Crippen LogP contribution in [0.3, 0.4) is 0 Å². The van der Waals surface area contributed by atoms with E-state index in [1.165, 1.54) is 5.56 Å². The first kappa shape index (κ1) is 8.73. The summed E-state index contributed by atoms with van der Waals surface area (Å²) in [7, 11) is 0. The molecule has 0 aliphatic carbocycles. The van der Waals surface area contributed by atoms with E-state index in [0.717, 1.165) is 26.5 Å². The summed E-state index contributed by atoms with van der Waals surface area (Å²) in [6, 6.07) is 6.10. The van der Waals surface area contributed by atoms with Gasteiger partial charge in [0.2, 0.25) is 0 Å². The fourth-order valence-electron chi connectivity index (χ4n) is 1.59. The standard InChI is InChI=1S/C11H9N3S/c1-6-3-4-8-9(5-6)13-10-11(14-8)15-7(2)12-10/h3-5H,1-2H3. The molecule has 1 aromatic carbocycles. The zero-order valence-electron chi connectivity index (χ0n) is 8.48. The molecule has 3 nitrogen and oxygen atoms in total. The molecule has 0 fully saturated rings. The van der Waals surface area contributed by atoms with Gasteiger partial charge < -0.3 is 0 Å². The summed E-state index contributed by atoms with van der Waals surface area (Å²) < 4.78 is 0. The van der Waals surface area contributed by atoms with Gasteiger partial charge in [0.25, 0.3) is 0 Å². The Hall–Kier alpha value is -1.55. The Morgan fingerprint density at radius 1 is 1.00 bits per heavy atom. The molecule has 3 aromatic rings. The van der Waals surface area contributed by atoms with Crippen molar-refractivity contribution in [2.45, 2.75) is 13.8 Å². The van der Waals surface area contributed by atoms with Gasteiger partial charge in [0.15, 0.2) is 10.5 Å². The summed E-state index contributed by atoms with van der Waals surface area (Å²) in [6.07, 6.45) is 0. The highest BCUT2D eigenvalue weighted by Gasteiger charge is 2.05. The van der Waals surface area contributed by atoms with E-state index in [9.17, 15) is 0 Å². The van der Waals surface area contributed by atoms with E-state index < -0.39 is 0 Å². The molecule has 0 saturated carbocycles. The fourth-order valence-corrected chi connectivity index (χ4v) is 2.33. The van der Waals surface area contributed by atoms with Crippen LogP contribution in [0.5, 0.6) is 0 Å². The SMILES string of the molecule is Cc1ccc2nc3sc(C)nc3nc2c1. The second-order valence-corrected chi connectivity index (χ2v) is 4.76. The first-order valence-corrected chi connectivity index (χ1v) is 5.55. The molecule has 0 atom stereocenters. The third-order valence-electron chi connectivity index (χ3n) is 2.28. The Labute approximate surface area is 90.8 Å². The van der Waals surface area contributed by atoms with E-state index in [1.54, 1.807) is 11.3 Å². The average Bonchev–Trinajstić information content (AvgIpc) is 2.53. The van der Waals surface area contributed by atoms with Crippen molar-refractivity contribution in [1.29, 1.82) is 0 Å². The summed E-state index contributed by atoms with van der Waals surface area (Å²) in [6.45, 7) is 4.03. The lowest BCUT2D eigenvalue weighted by Crippen LogP contribution is -1.85. The minimum Gasteiger partial charge on any atom is -0.232 e. The Bertz CT molecular complexity index is 657. The van der Waals surface area contributed by atoms with E-state index in [4.69, 9.17) is 0 Å². The number of thiazole rings is 1. The molecule has 0 aliphatic heterocycles. The number of benzene rings is 1. The molecule has 4 heteroatoms. The van der Waals surface area contributed by atoms with Gasteiger partial charge in [-0.2, -0.15) is 0 Å². The minimum absolute atomic E-state index is 0.760. The molecule has 2 aromatic heterocycles. The highest BCUT2D eigenvalue weighted by molar-refractivity contribution is 7.18.